The van der Waals surface area contributed by atoms with Crippen molar-refractivity contribution in [1.82, 2.24) is 5.32 Å². The van der Waals surface area contributed by atoms with Gasteiger partial charge in [-0.15, -0.1) is 0 Å². The lowest BCUT2D eigenvalue weighted by Crippen LogP contribution is -2.25. The summed E-state index contributed by atoms with van der Waals surface area (Å²) in [6.07, 6.45) is 3.02. The summed E-state index contributed by atoms with van der Waals surface area (Å²) in [7, 11) is 0. The summed E-state index contributed by atoms with van der Waals surface area (Å²) in [5.41, 5.74) is 2.33. The maximum absolute atomic E-state index is 11.9. The first kappa shape index (κ1) is 16.7. The highest BCUT2D eigenvalue weighted by Crippen LogP contribution is 2.32. The monoisotopic (exact) mass is 345 g/mol. The van der Waals surface area contributed by atoms with Crippen LogP contribution in [-0.2, 0) is 17.6 Å². The van der Waals surface area contributed by atoms with Crippen molar-refractivity contribution in [3.63, 3.8) is 0 Å². The number of hydrogen-bond donors (Lipinski definition) is 1. The zero-order valence-electron chi connectivity index (χ0n) is 13.4. The molecule has 0 radical (unpaired) electrons. The lowest BCUT2D eigenvalue weighted by atomic mass is 10.1. The summed E-state index contributed by atoms with van der Waals surface area (Å²) < 4.78 is 10.6. The van der Waals surface area contributed by atoms with Crippen LogP contribution in [0, 0.1) is 0 Å². The number of nitrogens with one attached hydrogen (secondary N) is 1. The second kappa shape index (κ2) is 8.06. The SMILES string of the molecule is O=C(CCCc1ccc(Cl)cc1)NCCc1ccc2c(c1)OCO2. The molecular formula is C19H20ClNO3. The van der Waals surface area contributed by atoms with Crippen molar-refractivity contribution in [2.24, 2.45) is 0 Å². The first-order chi connectivity index (χ1) is 11.7. The Balaban J connectivity index is 1.34. The minimum Gasteiger partial charge on any atom is -0.454 e. The minimum absolute atomic E-state index is 0.0877. The van der Waals surface area contributed by atoms with E-state index in [0.29, 0.717) is 13.0 Å². The first-order valence-corrected chi connectivity index (χ1v) is 8.48. The van der Waals surface area contributed by atoms with E-state index in [1.54, 1.807) is 0 Å². The number of ether oxygens (including phenoxy) is 2. The molecule has 0 spiro atoms. The molecule has 3 rings (SSSR count). The molecule has 5 heteroatoms. The van der Waals surface area contributed by atoms with Crippen molar-refractivity contribution in [3.05, 3.63) is 58.6 Å². The molecule has 1 aliphatic heterocycles. The van der Waals surface area contributed by atoms with Crippen molar-refractivity contribution in [2.75, 3.05) is 13.3 Å². The van der Waals surface area contributed by atoms with Gasteiger partial charge in [0.05, 0.1) is 0 Å². The number of amides is 1. The van der Waals surface area contributed by atoms with Crippen LogP contribution in [0.25, 0.3) is 0 Å². The highest BCUT2D eigenvalue weighted by atomic mass is 35.5. The molecule has 0 aromatic heterocycles. The highest BCUT2D eigenvalue weighted by molar-refractivity contribution is 6.30. The molecule has 1 amide bonds. The molecule has 0 bridgehead atoms. The van der Waals surface area contributed by atoms with E-state index in [0.717, 1.165) is 41.3 Å². The molecule has 4 nitrogen and oxygen atoms in total. The van der Waals surface area contributed by atoms with E-state index < -0.39 is 0 Å². The van der Waals surface area contributed by atoms with Crippen LogP contribution in [0.15, 0.2) is 42.5 Å². The molecule has 0 saturated heterocycles. The molecule has 0 aliphatic carbocycles. The van der Waals surface area contributed by atoms with Gasteiger partial charge in [-0.1, -0.05) is 29.8 Å². The molecule has 0 fully saturated rings. The second-order valence-corrected chi connectivity index (χ2v) is 6.20. The zero-order valence-corrected chi connectivity index (χ0v) is 14.1. The zero-order chi connectivity index (χ0) is 16.8. The van der Waals surface area contributed by atoms with Gasteiger partial charge in [0.1, 0.15) is 0 Å². The van der Waals surface area contributed by atoms with Crippen LogP contribution in [0.2, 0.25) is 5.02 Å². The third kappa shape index (κ3) is 4.65. The predicted octanol–water partition coefficient (Wildman–Crippen LogP) is 3.75. The van der Waals surface area contributed by atoms with Crippen LogP contribution in [0.5, 0.6) is 11.5 Å². The van der Waals surface area contributed by atoms with Crippen molar-refractivity contribution in [1.29, 1.82) is 0 Å². The standard InChI is InChI=1S/C19H20ClNO3/c20-16-7-4-14(5-8-16)2-1-3-19(22)21-11-10-15-6-9-17-18(12-15)24-13-23-17/h4-9,12H,1-3,10-11,13H2,(H,21,22). The molecule has 0 atom stereocenters. The average molecular weight is 346 g/mol. The maximum atomic E-state index is 11.9. The molecule has 0 unspecified atom stereocenters. The van der Waals surface area contributed by atoms with Crippen LogP contribution < -0.4 is 14.8 Å². The lowest BCUT2D eigenvalue weighted by Gasteiger charge is -2.06. The van der Waals surface area contributed by atoms with Crippen molar-refractivity contribution < 1.29 is 14.3 Å². The summed E-state index contributed by atoms with van der Waals surface area (Å²) in [5, 5.41) is 3.70. The largest absolute Gasteiger partial charge is 0.454 e. The van der Waals surface area contributed by atoms with Gasteiger partial charge in [-0.2, -0.15) is 0 Å². The topological polar surface area (TPSA) is 47.6 Å². The fraction of sp³-hybridized carbons (Fsp3) is 0.316. The normalized spacial score (nSPS) is 12.2. The number of carbonyl (C=O) groups excluding carboxylic acids is 1. The Bertz CT molecular complexity index is 700. The summed E-state index contributed by atoms with van der Waals surface area (Å²) in [6, 6.07) is 13.6. The van der Waals surface area contributed by atoms with Gasteiger partial charge in [0.25, 0.3) is 0 Å². The Morgan fingerprint density at radius 3 is 2.58 bits per heavy atom. The van der Waals surface area contributed by atoms with E-state index in [1.165, 1.54) is 5.56 Å². The van der Waals surface area contributed by atoms with Crippen LogP contribution >= 0.6 is 11.6 Å². The number of halogens is 1. The van der Waals surface area contributed by atoms with Gasteiger partial charge in [-0.05, 0) is 54.7 Å². The van der Waals surface area contributed by atoms with E-state index in [4.69, 9.17) is 21.1 Å². The van der Waals surface area contributed by atoms with Crippen molar-refractivity contribution in [2.45, 2.75) is 25.7 Å². The number of rotatable bonds is 7. The Morgan fingerprint density at radius 2 is 1.75 bits per heavy atom. The average Bonchev–Trinajstić information content (AvgIpc) is 3.04. The Kier molecular flexibility index (Phi) is 5.59. The van der Waals surface area contributed by atoms with Gasteiger partial charge in [0.15, 0.2) is 11.5 Å². The van der Waals surface area contributed by atoms with Gasteiger partial charge in [-0.25, -0.2) is 0 Å². The Labute approximate surface area is 146 Å². The number of benzene rings is 2. The Hall–Kier alpha value is -2.20. The van der Waals surface area contributed by atoms with Gasteiger partial charge in [0.2, 0.25) is 12.7 Å². The fourth-order valence-corrected chi connectivity index (χ4v) is 2.76. The van der Waals surface area contributed by atoms with Gasteiger partial charge < -0.3 is 14.8 Å². The van der Waals surface area contributed by atoms with E-state index in [-0.39, 0.29) is 12.7 Å². The first-order valence-electron chi connectivity index (χ1n) is 8.10. The van der Waals surface area contributed by atoms with Crippen LogP contribution in [0.4, 0.5) is 0 Å². The minimum atomic E-state index is 0.0877. The molecule has 1 heterocycles. The quantitative estimate of drug-likeness (QED) is 0.831. The highest BCUT2D eigenvalue weighted by Gasteiger charge is 2.13. The summed E-state index contributed by atoms with van der Waals surface area (Å²) >= 11 is 5.86. The van der Waals surface area contributed by atoms with Crippen LogP contribution in [0.1, 0.15) is 24.0 Å². The van der Waals surface area contributed by atoms with E-state index in [1.807, 2.05) is 42.5 Å². The molecule has 2 aromatic carbocycles. The van der Waals surface area contributed by atoms with E-state index >= 15 is 0 Å². The smallest absolute Gasteiger partial charge is 0.231 e. The maximum Gasteiger partial charge on any atom is 0.231 e. The molecule has 2 aromatic rings. The molecule has 1 N–H and O–H groups in total. The number of aryl methyl sites for hydroxylation is 1. The van der Waals surface area contributed by atoms with Gasteiger partial charge in [0, 0.05) is 18.0 Å². The van der Waals surface area contributed by atoms with Crippen molar-refractivity contribution >= 4 is 17.5 Å². The van der Waals surface area contributed by atoms with Crippen LogP contribution in [0.3, 0.4) is 0 Å². The van der Waals surface area contributed by atoms with E-state index in [2.05, 4.69) is 5.32 Å². The van der Waals surface area contributed by atoms with Crippen molar-refractivity contribution in [3.8, 4) is 11.5 Å². The molecular weight excluding hydrogens is 326 g/mol. The lowest BCUT2D eigenvalue weighted by molar-refractivity contribution is -0.121. The number of carbonyl (C=O) groups is 1. The van der Waals surface area contributed by atoms with Gasteiger partial charge in [-0.3, -0.25) is 4.79 Å². The van der Waals surface area contributed by atoms with Crippen LogP contribution in [-0.4, -0.2) is 19.2 Å². The summed E-state index contributed by atoms with van der Waals surface area (Å²) in [5.74, 6) is 1.65. The molecule has 1 aliphatic rings. The molecule has 126 valence electrons. The third-order valence-electron chi connectivity index (χ3n) is 3.96. The summed E-state index contributed by atoms with van der Waals surface area (Å²) in [4.78, 5) is 11.9. The third-order valence-corrected chi connectivity index (χ3v) is 4.21. The molecule has 0 saturated carbocycles. The summed E-state index contributed by atoms with van der Waals surface area (Å²) in [6.45, 7) is 0.905. The van der Waals surface area contributed by atoms with E-state index in [9.17, 15) is 4.79 Å². The predicted molar refractivity (Wildman–Crippen MR) is 93.7 cm³/mol. The fourth-order valence-electron chi connectivity index (χ4n) is 2.64. The Morgan fingerprint density at radius 1 is 1.00 bits per heavy atom. The molecule has 24 heavy (non-hydrogen) atoms. The number of hydrogen-bond acceptors (Lipinski definition) is 3. The number of fused-ring (bicyclic) bond motifs is 1. The van der Waals surface area contributed by atoms with Gasteiger partial charge >= 0.3 is 0 Å². The second-order valence-electron chi connectivity index (χ2n) is 5.77.